The molecule has 1 aliphatic rings. The predicted molar refractivity (Wildman–Crippen MR) is 148 cm³/mol. The van der Waals surface area contributed by atoms with E-state index in [1.807, 2.05) is 103 Å². The van der Waals surface area contributed by atoms with Crippen LogP contribution >= 0.6 is 0 Å². The fourth-order valence-electron chi connectivity index (χ4n) is 5.05. The minimum absolute atomic E-state index is 0.123. The van der Waals surface area contributed by atoms with Gasteiger partial charge in [0.1, 0.15) is 11.5 Å². The van der Waals surface area contributed by atoms with Crippen LogP contribution in [0.3, 0.4) is 0 Å². The van der Waals surface area contributed by atoms with Crippen LogP contribution < -0.4 is 5.32 Å². The predicted octanol–water partition coefficient (Wildman–Crippen LogP) is 6.95. The van der Waals surface area contributed by atoms with Gasteiger partial charge in [-0.15, -0.1) is 0 Å². The third-order valence-corrected chi connectivity index (χ3v) is 7.05. The van der Waals surface area contributed by atoms with Crippen molar-refractivity contribution in [1.29, 1.82) is 0 Å². The van der Waals surface area contributed by atoms with Crippen molar-refractivity contribution in [2.75, 3.05) is 0 Å². The second kappa shape index (κ2) is 11.2. The molecule has 36 heavy (non-hydrogen) atoms. The van der Waals surface area contributed by atoms with Gasteiger partial charge < -0.3 is 15.5 Å². The zero-order valence-electron chi connectivity index (χ0n) is 20.3. The van der Waals surface area contributed by atoms with Crippen LogP contribution in [0.25, 0.3) is 22.3 Å². The van der Waals surface area contributed by atoms with Crippen molar-refractivity contribution in [3.8, 4) is 33.8 Å². The summed E-state index contributed by atoms with van der Waals surface area (Å²) in [6.45, 7) is 0.581. The van der Waals surface area contributed by atoms with E-state index in [0.29, 0.717) is 12.3 Å². The van der Waals surface area contributed by atoms with Gasteiger partial charge in [-0.25, -0.2) is 0 Å². The molecule has 0 amide bonds. The summed E-state index contributed by atoms with van der Waals surface area (Å²) in [6, 6.07) is 32.0. The Morgan fingerprint density at radius 2 is 1.31 bits per heavy atom. The van der Waals surface area contributed by atoms with E-state index >= 15 is 0 Å². The number of para-hydroxylation sites is 2. The van der Waals surface area contributed by atoms with E-state index in [9.17, 15) is 10.2 Å². The lowest BCUT2D eigenvalue weighted by Gasteiger charge is -2.30. The van der Waals surface area contributed by atoms with Crippen molar-refractivity contribution in [3.05, 3.63) is 108 Å². The number of hydrogen-bond acceptors (Lipinski definition) is 4. The average Bonchev–Trinajstić information content (AvgIpc) is 2.93. The monoisotopic (exact) mass is 476 g/mol. The number of aliphatic imine (C=N–C) groups is 1. The van der Waals surface area contributed by atoms with Gasteiger partial charge in [-0.1, -0.05) is 104 Å². The highest BCUT2D eigenvalue weighted by Crippen LogP contribution is 2.33. The van der Waals surface area contributed by atoms with Gasteiger partial charge in [0, 0.05) is 41.1 Å². The van der Waals surface area contributed by atoms with Gasteiger partial charge in [0.15, 0.2) is 0 Å². The molecule has 1 saturated carbocycles. The fourth-order valence-corrected chi connectivity index (χ4v) is 5.05. The van der Waals surface area contributed by atoms with Crippen LogP contribution in [0.15, 0.2) is 102 Å². The number of phenolic OH excluding ortho intramolecular Hbond substituents is 2. The molecule has 4 aromatic rings. The molecule has 1 unspecified atom stereocenters. The molecule has 0 bridgehead atoms. The maximum Gasteiger partial charge on any atom is 0.132 e. The lowest BCUT2D eigenvalue weighted by atomic mass is 9.90. The molecule has 0 spiro atoms. The van der Waals surface area contributed by atoms with E-state index in [2.05, 4.69) is 5.32 Å². The van der Waals surface area contributed by atoms with Crippen molar-refractivity contribution < 1.29 is 10.2 Å². The van der Waals surface area contributed by atoms with E-state index in [4.69, 9.17) is 4.99 Å². The van der Waals surface area contributed by atoms with Crippen LogP contribution in [-0.4, -0.2) is 28.5 Å². The lowest BCUT2D eigenvalue weighted by molar-refractivity contribution is 0.327. The molecule has 4 aromatic carbocycles. The number of aromatic hydroxyl groups is 2. The second-order valence-corrected chi connectivity index (χ2v) is 9.41. The molecule has 4 nitrogen and oxygen atoms in total. The SMILES string of the molecule is Oc1c(C=N[C@@H]2CCCCC2NCc2cccc(-c3ccccc3)c2O)cccc1-c1ccccc1. The Morgan fingerprint density at radius 3 is 2.00 bits per heavy atom. The minimum Gasteiger partial charge on any atom is -0.507 e. The standard InChI is InChI=1S/C32H32N2O2/c35-31-25(15-9-17-27(31)23-11-3-1-4-12-23)21-33-29-19-7-8-20-30(29)34-22-26-16-10-18-28(32(26)36)24-13-5-2-6-14-24/h1-6,9-18,21,29-30,34-36H,7-8,19-20,22H2/t29-,30?/m1/s1. The van der Waals surface area contributed by atoms with Crippen molar-refractivity contribution in [1.82, 2.24) is 5.32 Å². The normalized spacial score (nSPS) is 17.9. The number of benzene rings is 4. The summed E-state index contributed by atoms with van der Waals surface area (Å²) in [6.07, 6.45) is 6.17. The Balaban J connectivity index is 1.30. The van der Waals surface area contributed by atoms with Gasteiger partial charge in [-0.05, 0) is 30.0 Å². The topological polar surface area (TPSA) is 64.9 Å². The summed E-state index contributed by atoms with van der Waals surface area (Å²) < 4.78 is 0. The molecule has 4 heteroatoms. The molecule has 0 saturated heterocycles. The van der Waals surface area contributed by atoms with Crippen LogP contribution in [0.2, 0.25) is 0 Å². The highest BCUT2D eigenvalue weighted by atomic mass is 16.3. The first kappa shape index (κ1) is 23.8. The molecule has 0 aromatic heterocycles. The van der Waals surface area contributed by atoms with Crippen molar-refractivity contribution in [3.63, 3.8) is 0 Å². The highest BCUT2D eigenvalue weighted by molar-refractivity contribution is 5.88. The van der Waals surface area contributed by atoms with Crippen LogP contribution in [0.1, 0.15) is 36.8 Å². The summed E-state index contributed by atoms with van der Waals surface area (Å²) >= 11 is 0. The molecule has 0 radical (unpaired) electrons. The zero-order valence-corrected chi connectivity index (χ0v) is 20.3. The van der Waals surface area contributed by atoms with Crippen molar-refractivity contribution >= 4 is 6.21 Å². The smallest absolute Gasteiger partial charge is 0.132 e. The highest BCUT2D eigenvalue weighted by Gasteiger charge is 2.24. The minimum atomic E-state index is 0.123. The molecule has 5 rings (SSSR count). The maximum absolute atomic E-state index is 10.9. The first-order valence-corrected chi connectivity index (χ1v) is 12.7. The molecule has 182 valence electrons. The molecular formula is C32H32N2O2. The first-order chi connectivity index (χ1) is 17.7. The Morgan fingerprint density at radius 1 is 0.694 bits per heavy atom. The van der Waals surface area contributed by atoms with E-state index in [0.717, 1.165) is 59.1 Å². The van der Waals surface area contributed by atoms with Crippen LogP contribution in [-0.2, 0) is 6.54 Å². The fraction of sp³-hybridized carbons (Fsp3) is 0.219. The number of hydrogen-bond donors (Lipinski definition) is 3. The third kappa shape index (κ3) is 5.34. The van der Waals surface area contributed by atoms with Gasteiger partial charge in [0.05, 0.1) is 6.04 Å². The third-order valence-electron chi connectivity index (χ3n) is 7.05. The van der Waals surface area contributed by atoms with Gasteiger partial charge in [-0.2, -0.15) is 0 Å². The average molecular weight is 477 g/mol. The van der Waals surface area contributed by atoms with Gasteiger partial charge in [0.25, 0.3) is 0 Å². The largest absolute Gasteiger partial charge is 0.507 e. The van der Waals surface area contributed by atoms with Crippen molar-refractivity contribution in [2.45, 2.75) is 44.3 Å². The number of rotatable bonds is 7. The molecule has 1 fully saturated rings. The summed E-state index contributed by atoms with van der Waals surface area (Å²) in [7, 11) is 0. The molecule has 1 aliphatic carbocycles. The van der Waals surface area contributed by atoms with E-state index < -0.39 is 0 Å². The Labute approximate surface area is 213 Å². The Kier molecular flexibility index (Phi) is 7.44. The quantitative estimate of drug-likeness (QED) is 0.253. The van der Waals surface area contributed by atoms with Gasteiger partial charge in [-0.3, -0.25) is 4.99 Å². The lowest BCUT2D eigenvalue weighted by Crippen LogP contribution is -2.40. The van der Waals surface area contributed by atoms with Crippen LogP contribution in [0, 0.1) is 0 Å². The van der Waals surface area contributed by atoms with E-state index in [1.165, 1.54) is 0 Å². The molecule has 3 N–H and O–H groups in total. The summed E-state index contributed by atoms with van der Waals surface area (Å²) in [5.41, 5.74) is 5.27. The summed E-state index contributed by atoms with van der Waals surface area (Å²) in [5.74, 6) is 0.588. The number of phenols is 2. The summed E-state index contributed by atoms with van der Waals surface area (Å²) in [5, 5.41) is 25.5. The van der Waals surface area contributed by atoms with Crippen LogP contribution in [0.5, 0.6) is 11.5 Å². The van der Waals surface area contributed by atoms with E-state index in [-0.39, 0.29) is 17.8 Å². The number of nitrogens with one attached hydrogen (secondary N) is 1. The molecule has 0 heterocycles. The second-order valence-electron chi connectivity index (χ2n) is 9.41. The van der Waals surface area contributed by atoms with Gasteiger partial charge in [0.2, 0.25) is 0 Å². The van der Waals surface area contributed by atoms with Gasteiger partial charge >= 0.3 is 0 Å². The maximum atomic E-state index is 10.9. The van der Waals surface area contributed by atoms with Crippen molar-refractivity contribution in [2.24, 2.45) is 4.99 Å². The molecular weight excluding hydrogens is 444 g/mol. The molecule has 2 atom stereocenters. The Bertz CT molecular complexity index is 1320. The number of nitrogens with zero attached hydrogens (tertiary/aromatic N) is 1. The Hall–Kier alpha value is -3.89. The molecule has 0 aliphatic heterocycles. The van der Waals surface area contributed by atoms with E-state index in [1.54, 1.807) is 0 Å². The summed E-state index contributed by atoms with van der Waals surface area (Å²) in [4.78, 5) is 4.92. The van der Waals surface area contributed by atoms with Crippen LogP contribution in [0.4, 0.5) is 0 Å². The first-order valence-electron chi connectivity index (χ1n) is 12.7. The zero-order chi connectivity index (χ0) is 24.7.